The van der Waals surface area contributed by atoms with Crippen molar-refractivity contribution in [1.82, 2.24) is 5.32 Å². The highest BCUT2D eigenvalue weighted by atomic mass is 32.2. The number of hydrogen-bond donors (Lipinski definition) is 2. The Morgan fingerprint density at radius 1 is 1.41 bits per heavy atom. The first-order valence-corrected chi connectivity index (χ1v) is 7.92. The van der Waals surface area contributed by atoms with Crippen molar-refractivity contribution in [1.29, 1.82) is 0 Å². The minimum Gasteiger partial charge on any atom is -0.355 e. The number of carbonyl (C=O) groups is 1. The highest BCUT2D eigenvalue weighted by Crippen LogP contribution is 2.42. The Morgan fingerprint density at radius 3 is 2.47 bits per heavy atom. The Kier molecular flexibility index (Phi) is 4.94. The van der Waals surface area contributed by atoms with E-state index in [1.165, 1.54) is 0 Å². The second kappa shape index (κ2) is 5.82. The number of rotatable bonds is 7. The molecule has 100 valence electrons. The van der Waals surface area contributed by atoms with Crippen LogP contribution in [-0.2, 0) is 14.6 Å². The topological polar surface area (TPSA) is 89.3 Å². The summed E-state index contributed by atoms with van der Waals surface area (Å²) in [5.74, 6) is 0.0574. The van der Waals surface area contributed by atoms with Crippen LogP contribution in [0.2, 0.25) is 0 Å². The lowest BCUT2D eigenvalue weighted by Gasteiger charge is -2.40. The zero-order valence-electron chi connectivity index (χ0n) is 10.4. The Morgan fingerprint density at radius 2 is 2.06 bits per heavy atom. The molecule has 17 heavy (non-hydrogen) atoms. The first-order chi connectivity index (χ1) is 7.93. The molecule has 0 saturated heterocycles. The average Bonchev–Trinajstić information content (AvgIpc) is 2.23. The highest BCUT2D eigenvalue weighted by Gasteiger charge is 2.37. The van der Waals surface area contributed by atoms with E-state index in [1.54, 1.807) is 6.92 Å². The van der Waals surface area contributed by atoms with Crippen LogP contribution in [0.15, 0.2) is 0 Å². The molecule has 1 aliphatic rings. The molecule has 1 saturated carbocycles. The van der Waals surface area contributed by atoms with Gasteiger partial charge in [0.05, 0.1) is 5.75 Å². The lowest BCUT2D eigenvalue weighted by atomic mass is 9.66. The van der Waals surface area contributed by atoms with E-state index in [0.717, 1.165) is 19.3 Å². The van der Waals surface area contributed by atoms with E-state index in [2.05, 4.69) is 5.32 Å². The standard InChI is InChI=1S/C11H22N2O3S/c1-2-17(15,16)7-6-13-10(14)8-11(9-12)4-3-5-11/h2-9,12H2,1H3,(H,13,14). The van der Waals surface area contributed by atoms with Crippen LogP contribution < -0.4 is 11.1 Å². The van der Waals surface area contributed by atoms with Crippen LogP contribution in [0.4, 0.5) is 0 Å². The third-order valence-electron chi connectivity index (χ3n) is 3.56. The quantitative estimate of drug-likeness (QED) is 0.679. The lowest BCUT2D eigenvalue weighted by molar-refractivity contribution is -0.124. The van der Waals surface area contributed by atoms with Crippen molar-refractivity contribution in [3.8, 4) is 0 Å². The van der Waals surface area contributed by atoms with Gasteiger partial charge in [-0.05, 0) is 24.8 Å². The maximum atomic E-state index is 11.6. The molecule has 1 amide bonds. The molecule has 6 heteroatoms. The van der Waals surface area contributed by atoms with Crippen LogP contribution in [0, 0.1) is 5.41 Å². The number of sulfone groups is 1. The molecule has 0 spiro atoms. The maximum absolute atomic E-state index is 11.6. The Bertz CT molecular complexity index is 355. The minimum absolute atomic E-state index is 0.0187. The number of hydrogen-bond acceptors (Lipinski definition) is 4. The number of nitrogens with one attached hydrogen (secondary N) is 1. The van der Waals surface area contributed by atoms with E-state index in [4.69, 9.17) is 5.73 Å². The number of amides is 1. The summed E-state index contributed by atoms with van der Waals surface area (Å²) in [6, 6.07) is 0. The van der Waals surface area contributed by atoms with E-state index in [-0.39, 0.29) is 29.4 Å². The van der Waals surface area contributed by atoms with Gasteiger partial charge in [-0.2, -0.15) is 0 Å². The third kappa shape index (κ3) is 4.27. The van der Waals surface area contributed by atoms with Crippen LogP contribution in [0.5, 0.6) is 0 Å². The molecule has 0 heterocycles. The number of carbonyl (C=O) groups excluding carboxylic acids is 1. The van der Waals surface area contributed by atoms with E-state index in [0.29, 0.717) is 13.0 Å². The van der Waals surface area contributed by atoms with Gasteiger partial charge in [0, 0.05) is 18.7 Å². The summed E-state index contributed by atoms with van der Waals surface area (Å²) in [5, 5.41) is 2.66. The maximum Gasteiger partial charge on any atom is 0.220 e. The summed E-state index contributed by atoms with van der Waals surface area (Å²) >= 11 is 0. The van der Waals surface area contributed by atoms with Crippen LogP contribution in [0.1, 0.15) is 32.6 Å². The first-order valence-electron chi connectivity index (χ1n) is 6.10. The lowest BCUT2D eigenvalue weighted by Crippen LogP contribution is -2.42. The molecule has 1 rings (SSSR count). The molecule has 3 N–H and O–H groups in total. The summed E-state index contributed by atoms with van der Waals surface area (Å²) < 4.78 is 22.4. The molecule has 0 aliphatic heterocycles. The molecule has 0 aromatic heterocycles. The van der Waals surface area contributed by atoms with Gasteiger partial charge in [-0.25, -0.2) is 8.42 Å². The van der Waals surface area contributed by atoms with Gasteiger partial charge in [0.2, 0.25) is 5.91 Å². The molecule has 0 bridgehead atoms. The summed E-state index contributed by atoms with van der Waals surface area (Å²) in [7, 11) is -3.00. The fourth-order valence-electron chi connectivity index (χ4n) is 2.02. The van der Waals surface area contributed by atoms with E-state index in [1.807, 2.05) is 0 Å². The third-order valence-corrected chi connectivity index (χ3v) is 5.26. The van der Waals surface area contributed by atoms with E-state index in [9.17, 15) is 13.2 Å². The zero-order chi connectivity index (χ0) is 12.9. The molecule has 0 unspecified atom stereocenters. The second-order valence-corrected chi connectivity index (χ2v) is 7.29. The van der Waals surface area contributed by atoms with Gasteiger partial charge in [-0.15, -0.1) is 0 Å². The Hall–Kier alpha value is -0.620. The minimum atomic E-state index is -3.00. The zero-order valence-corrected chi connectivity index (χ0v) is 11.2. The molecular weight excluding hydrogens is 240 g/mol. The van der Waals surface area contributed by atoms with Gasteiger partial charge in [-0.3, -0.25) is 4.79 Å². The first kappa shape index (κ1) is 14.4. The van der Waals surface area contributed by atoms with Gasteiger partial charge in [0.1, 0.15) is 0 Å². The molecule has 0 aromatic carbocycles. The molecule has 0 aromatic rings. The second-order valence-electron chi connectivity index (χ2n) is 4.82. The molecule has 0 atom stereocenters. The largest absolute Gasteiger partial charge is 0.355 e. The summed E-state index contributed by atoms with van der Waals surface area (Å²) in [6.45, 7) is 2.35. The highest BCUT2D eigenvalue weighted by molar-refractivity contribution is 7.91. The predicted octanol–water partition coefficient (Wildman–Crippen LogP) is 0.0564. The molecular formula is C11H22N2O3S. The summed E-state index contributed by atoms with van der Waals surface area (Å²) in [5.41, 5.74) is 5.64. The van der Waals surface area contributed by atoms with Crippen LogP contribution in [-0.4, -0.2) is 38.9 Å². The number of nitrogens with two attached hydrogens (primary N) is 1. The molecule has 5 nitrogen and oxygen atoms in total. The van der Waals surface area contributed by atoms with E-state index >= 15 is 0 Å². The molecule has 1 aliphatic carbocycles. The van der Waals surface area contributed by atoms with E-state index < -0.39 is 9.84 Å². The van der Waals surface area contributed by atoms with Gasteiger partial charge in [0.25, 0.3) is 0 Å². The van der Waals surface area contributed by atoms with Gasteiger partial charge < -0.3 is 11.1 Å². The fraction of sp³-hybridized carbons (Fsp3) is 0.909. The van der Waals surface area contributed by atoms with Gasteiger partial charge in [-0.1, -0.05) is 13.3 Å². The summed E-state index contributed by atoms with van der Waals surface area (Å²) in [6.07, 6.45) is 3.57. The molecule has 1 fully saturated rings. The van der Waals surface area contributed by atoms with Crippen molar-refractivity contribution < 1.29 is 13.2 Å². The average molecular weight is 262 g/mol. The van der Waals surface area contributed by atoms with Crippen molar-refractivity contribution in [3.63, 3.8) is 0 Å². The SMILES string of the molecule is CCS(=O)(=O)CCNC(=O)CC1(CN)CCC1. The predicted molar refractivity (Wildman–Crippen MR) is 67.3 cm³/mol. The molecule has 0 radical (unpaired) electrons. The van der Waals surface area contributed by atoms with Crippen molar-refractivity contribution in [2.75, 3.05) is 24.6 Å². The smallest absolute Gasteiger partial charge is 0.220 e. The van der Waals surface area contributed by atoms with Crippen molar-refractivity contribution in [2.45, 2.75) is 32.6 Å². The Labute approximate surface area is 103 Å². The van der Waals surface area contributed by atoms with Crippen LogP contribution in [0.3, 0.4) is 0 Å². The van der Waals surface area contributed by atoms with Gasteiger partial charge in [0.15, 0.2) is 9.84 Å². The summed E-state index contributed by atoms with van der Waals surface area (Å²) in [4.78, 5) is 11.6. The normalized spacial score (nSPS) is 18.5. The monoisotopic (exact) mass is 262 g/mol. The van der Waals surface area contributed by atoms with Crippen molar-refractivity contribution in [3.05, 3.63) is 0 Å². The van der Waals surface area contributed by atoms with Crippen molar-refractivity contribution >= 4 is 15.7 Å². The van der Waals surface area contributed by atoms with Crippen LogP contribution >= 0.6 is 0 Å². The fourth-order valence-corrected chi connectivity index (χ4v) is 2.72. The Balaban J connectivity index is 2.26. The van der Waals surface area contributed by atoms with Gasteiger partial charge >= 0.3 is 0 Å². The van der Waals surface area contributed by atoms with Crippen molar-refractivity contribution in [2.24, 2.45) is 11.1 Å². The van der Waals surface area contributed by atoms with Crippen LogP contribution in [0.25, 0.3) is 0 Å².